The summed E-state index contributed by atoms with van der Waals surface area (Å²) in [5.41, 5.74) is -0.254. The van der Waals surface area contributed by atoms with Crippen molar-refractivity contribution in [2.75, 3.05) is 0 Å². The number of carbonyl (C=O) groups is 2. The van der Waals surface area contributed by atoms with Crippen LogP contribution in [0.15, 0.2) is 49.0 Å². The number of rotatable bonds is 10. The van der Waals surface area contributed by atoms with Crippen molar-refractivity contribution in [2.45, 2.75) is 83.1 Å². The molecule has 31 heavy (non-hydrogen) atoms. The molecule has 0 saturated carbocycles. The molecule has 2 N–H and O–H groups in total. The molecule has 6 nitrogen and oxygen atoms in total. The van der Waals surface area contributed by atoms with Gasteiger partial charge in [-0.15, -0.1) is 6.58 Å². The van der Waals surface area contributed by atoms with Crippen LogP contribution in [0.3, 0.4) is 0 Å². The molecule has 5 atom stereocenters. The Balaban J connectivity index is 1.73. The quantitative estimate of drug-likeness (QED) is 0.482. The van der Waals surface area contributed by atoms with Crippen LogP contribution in [0.1, 0.15) is 59.3 Å². The van der Waals surface area contributed by atoms with E-state index in [0.29, 0.717) is 6.42 Å². The summed E-state index contributed by atoms with van der Waals surface area (Å²) < 4.78 is 24.7. The van der Waals surface area contributed by atoms with E-state index in [1.165, 1.54) is 12.3 Å². The minimum absolute atomic E-state index is 0.131. The van der Waals surface area contributed by atoms with Crippen LogP contribution in [0.25, 0.3) is 0 Å². The van der Waals surface area contributed by atoms with Crippen LogP contribution >= 0.6 is 0 Å². The molecule has 0 bridgehead atoms. The van der Waals surface area contributed by atoms with Gasteiger partial charge >= 0.3 is 6.09 Å². The number of amides is 2. The second-order valence-electron chi connectivity index (χ2n) is 8.37. The zero-order chi connectivity index (χ0) is 22.9. The van der Waals surface area contributed by atoms with Crippen molar-refractivity contribution in [1.29, 1.82) is 0 Å². The molecule has 1 heterocycles. The predicted octanol–water partition coefficient (Wildman–Crippen LogP) is 4.84. The lowest BCUT2D eigenvalue weighted by atomic mass is 9.83. The smallest absolute Gasteiger partial charge is 0.408 e. The maximum absolute atomic E-state index is 13.2. The first-order valence-electron chi connectivity index (χ1n) is 11.0. The zero-order valence-corrected chi connectivity index (χ0v) is 18.7. The summed E-state index contributed by atoms with van der Waals surface area (Å²) in [4.78, 5) is 23.9. The summed E-state index contributed by atoms with van der Waals surface area (Å²) >= 11 is 0. The number of allylic oxidation sites excluding steroid dienone is 4. The molecule has 2 aliphatic rings. The van der Waals surface area contributed by atoms with Gasteiger partial charge in [0.1, 0.15) is 11.9 Å². The molecule has 0 aromatic carbocycles. The molecule has 5 unspecified atom stereocenters. The van der Waals surface area contributed by atoms with Crippen LogP contribution < -0.4 is 10.6 Å². The number of hydrogen-bond donors (Lipinski definition) is 2. The standard InChI is InChI=1S/C24H35FN2O4/c1-5-17(3)27-23(29)30-18(4)12-14-26-22(28)15-21-11-13-24(6-2,31-21)16-19-7-9-20(25)10-8-19/h5,7,9-10,12,14,17-19,21H,1,6,8,11,13,15-16H2,2-4H3,(H,26,28)(H,27,29)/b14-12+. The van der Waals surface area contributed by atoms with Gasteiger partial charge in [0.15, 0.2) is 0 Å². The molecule has 7 heteroatoms. The number of hydrogen-bond acceptors (Lipinski definition) is 4. The molecule has 2 rings (SSSR count). The predicted molar refractivity (Wildman–Crippen MR) is 119 cm³/mol. The third-order valence-electron chi connectivity index (χ3n) is 5.78. The summed E-state index contributed by atoms with van der Waals surface area (Å²) in [5.74, 6) is -0.0563. The van der Waals surface area contributed by atoms with Crippen molar-refractivity contribution in [3.05, 3.63) is 49.0 Å². The molecule has 1 aliphatic heterocycles. The average molecular weight is 435 g/mol. The van der Waals surface area contributed by atoms with Gasteiger partial charge in [-0.25, -0.2) is 9.18 Å². The Labute approximate surface area is 184 Å². The number of nitrogens with one attached hydrogen (secondary N) is 2. The minimum Gasteiger partial charge on any atom is -0.442 e. The number of ether oxygens (including phenoxy) is 2. The Morgan fingerprint density at radius 1 is 1.45 bits per heavy atom. The maximum atomic E-state index is 13.2. The summed E-state index contributed by atoms with van der Waals surface area (Å²) in [5, 5.41) is 5.32. The van der Waals surface area contributed by atoms with E-state index in [9.17, 15) is 14.0 Å². The maximum Gasteiger partial charge on any atom is 0.408 e. The first-order chi connectivity index (χ1) is 14.7. The van der Waals surface area contributed by atoms with Crippen LogP contribution in [-0.2, 0) is 14.3 Å². The van der Waals surface area contributed by atoms with Crippen LogP contribution in [0, 0.1) is 5.92 Å². The molecule has 0 spiro atoms. The fourth-order valence-corrected chi connectivity index (χ4v) is 3.89. The Kier molecular flexibility index (Phi) is 9.49. The van der Waals surface area contributed by atoms with Gasteiger partial charge in [-0.1, -0.05) is 19.1 Å². The Morgan fingerprint density at radius 2 is 2.23 bits per heavy atom. The van der Waals surface area contributed by atoms with Gasteiger partial charge in [0.25, 0.3) is 0 Å². The first-order valence-corrected chi connectivity index (χ1v) is 11.0. The monoisotopic (exact) mass is 434 g/mol. The topological polar surface area (TPSA) is 76.7 Å². The zero-order valence-electron chi connectivity index (χ0n) is 18.7. The Bertz CT molecular complexity index is 733. The van der Waals surface area contributed by atoms with E-state index in [0.717, 1.165) is 25.7 Å². The third kappa shape index (κ3) is 8.32. The fourth-order valence-electron chi connectivity index (χ4n) is 3.89. The van der Waals surface area contributed by atoms with E-state index in [2.05, 4.69) is 24.1 Å². The van der Waals surface area contributed by atoms with Crippen molar-refractivity contribution in [1.82, 2.24) is 10.6 Å². The highest BCUT2D eigenvalue weighted by molar-refractivity contribution is 5.77. The van der Waals surface area contributed by atoms with E-state index in [1.807, 2.05) is 6.08 Å². The third-order valence-corrected chi connectivity index (χ3v) is 5.78. The van der Waals surface area contributed by atoms with E-state index in [4.69, 9.17) is 9.47 Å². The molecular formula is C24H35FN2O4. The molecule has 2 amide bonds. The first kappa shape index (κ1) is 24.9. The fraction of sp³-hybridized carbons (Fsp3) is 0.583. The highest BCUT2D eigenvalue weighted by atomic mass is 19.1. The lowest BCUT2D eigenvalue weighted by Crippen LogP contribution is -2.33. The number of halogens is 1. The molecule has 1 fully saturated rings. The second kappa shape index (κ2) is 11.8. The minimum atomic E-state index is -0.544. The van der Waals surface area contributed by atoms with E-state index in [-0.39, 0.29) is 41.8 Å². The molecule has 172 valence electrons. The van der Waals surface area contributed by atoms with Crippen molar-refractivity contribution in [3.8, 4) is 0 Å². The van der Waals surface area contributed by atoms with Crippen LogP contribution in [0.4, 0.5) is 9.18 Å². The lowest BCUT2D eigenvalue weighted by molar-refractivity contribution is -0.125. The summed E-state index contributed by atoms with van der Waals surface area (Å²) in [6.45, 7) is 9.18. The SMILES string of the molecule is C=CC(C)NC(=O)OC(C)/C=C/NC(=O)CC1CCC(CC)(CC2C=CC(F)=CC2)O1. The molecular weight excluding hydrogens is 399 g/mol. The summed E-state index contributed by atoms with van der Waals surface area (Å²) in [6.07, 6.45) is 13.0. The highest BCUT2D eigenvalue weighted by Crippen LogP contribution is 2.41. The highest BCUT2D eigenvalue weighted by Gasteiger charge is 2.40. The second-order valence-corrected chi connectivity index (χ2v) is 8.37. The Morgan fingerprint density at radius 3 is 2.87 bits per heavy atom. The van der Waals surface area contributed by atoms with E-state index >= 15 is 0 Å². The van der Waals surface area contributed by atoms with Gasteiger partial charge in [-0.05, 0) is 70.1 Å². The summed E-state index contributed by atoms with van der Waals surface area (Å²) in [7, 11) is 0. The van der Waals surface area contributed by atoms with Crippen LogP contribution in [-0.4, -0.2) is 35.9 Å². The van der Waals surface area contributed by atoms with Gasteiger partial charge in [0.05, 0.1) is 18.1 Å². The van der Waals surface area contributed by atoms with Crippen LogP contribution in [0.2, 0.25) is 0 Å². The Hall–Kier alpha value is -2.41. The van der Waals surface area contributed by atoms with Gasteiger partial charge in [-0.2, -0.15) is 0 Å². The largest absolute Gasteiger partial charge is 0.442 e. The van der Waals surface area contributed by atoms with Gasteiger partial charge in [0, 0.05) is 12.2 Å². The van der Waals surface area contributed by atoms with Gasteiger partial charge in [-0.3, -0.25) is 4.79 Å². The number of alkyl carbamates (subject to hydrolysis) is 1. The van der Waals surface area contributed by atoms with Crippen molar-refractivity contribution in [2.24, 2.45) is 5.92 Å². The molecule has 0 aromatic rings. The van der Waals surface area contributed by atoms with Gasteiger partial charge in [0.2, 0.25) is 5.91 Å². The van der Waals surface area contributed by atoms with Gasteiger partial charge < -0.3 is 20.1 Å². The lowest BCUT2D eigenvalue weighted by Gasteiger charge is -2.32. The average Bonchev–Trinajstić information content (AvgIpc) is 3.12. The van der Waals surface area contributed by atoms with Crippen LogP contribution in [0.5, 0.6) is 0 Å². The van der Waals surface area contributed by atoms with Crippen molar-refractivity contribution in [3.63, 3.8) is 0 Å². The van der Waals surface area contributed by atoms with Crippen molar-refractivity contribution < 1.29 is 23.5 Å². The van der Waals surface area contributed by atoms with Crippen molar-refractivity contribution >= 4 is 12.0 Å². The number of carbonyl (C=O) groups excluding carboxylic acids is 2. The molecule has 1 saturated heterocycles. The molecule has 1 aliphatic carbocycles. The van der Waals surface area contributed by atoms with E-state index < -0.39 is 12.2 Å². The summed E-state index contributed by atoms with van der Waals surface area (Å²) in [6, 6.07) is -0.184. The normalized spacial score (nSPS) is 27.4. The van der Waals surface area contributed by atoms with E-state index in [1.54, 1.807) is 32.1 Å². The molecule has 0 radical (unpaired) electrons. The molecule has 0 aromatic heterocycles.